The number of fused-ring (bicyclic) bond motifs is 1. The van der Waals surface area contributed by atoms with E-state index in [4.69, 9.17) is 42.1 Å². The lowest BCUT2D eigenvalue weighted by molar-refractivity contribution is -0.200. The Morgan fingerprint density at radius 1 is 0.812 bits per heavy atom. The molecule has 0 saturated carbocycles. The molecule has 0 aliphatic carbocycles. The van der Waals surface area contributed by atoms with Crippen molar-refractivity contribution in [1.82, 2.24) is 14.9 Å². The molecule has 4 rings (SSSR count). The van der Waals surface area contributed by atoms with Crippen LogP contribution < -0.4 is 4.90 Å². The van der Waals surface area contributed by atoms with Gasteiger partial charge in [0, 0.05) is 75.5 Å². The van der Waals surface area contributed by atoms with Gasteiger partial charge in [0.05, 0.1) is 11.2 Å². The van der Waals surface area contributed by atoms with Gasteiger partial charge in [-0.1, -0.05) is 23.7 Å². The summed E-state index contributed by atoms with van der Waals surface area (Å²) in [5.74, 6) is -4.19. The average molecular weight is 706 g/mol. The van der Waals surface area contributed by atoms with Crippen molar-refractivity contribution in [2.75, 3.05) is 37.7 Å². The highest BCUT2D eigenvalue weighted by atomic mass is 35.5. The van der Waals surface area contributed by atoms with Crippen LogP contribution in [0.3, 0.4) is 0 Å². The zero-order chi connectivity index (χ0) is 35.1. The van der Waals surface area contributed by atoms with E-state index in [9.17, 15) is 29.1 Å². The van der Waals surface area contributed by atoms with Crippen LogP contribution in [-0.4, -0.2) is 107 Å². The summed E-state index contributed by atoms with van der Waals surface area (Å²) >= 11 is 12.5. The summed E-state index contributed by atoms with van der Waals surface area (Å²) in [6, 6.07) is 12.8. The summed E-state index contributed by atoms with van der Waals surface area (Å²) in [5.41, 5.74) is 2.84. The number of rotatable bonds is 11. The topological polar surface area (TPSA) is 175 Å². The highest BCUT2D eigenvalue weighted by Crippen LogP contribution is 2.32. The van der Waals surface area contributed by atoms with Crippen molar-refractivity contribution in [2.45, 2.75) is 52.1 Å². The van der Waals surface area contributed by atoms with Gasteiger partial charge >= 0.3 is 23.9 Å². The van der Waals surface area contributed by atoms with Gasteiger partial charge in [-0.2, -0.15) is 0 Å². The number of anilines is 1. The summed E-state index contributed by atoms with van der Waals surface area (Å²) in [6.45, 7) is 4.61. The van der Waals surface area contributed by atoms with Crippen molar-refractivity contribution >= 4 is 69.6 Å². The Balaban J connectivity index is 1.57. The molecule has 3 aromatic rings. The fraction of sp³-hybridized carbons (Fsp3) is 0.406. The summed E-state index contributed by atoms with van der Waals surface area (Å²) in [5, 5.41) is 12.1. The molecule has 256 valence electrons. The summed E-state index contributed by atoms with van der Waals surface area (Å²) < 4.78 is 20.7. The molecular formula is C32H34Cl2N4O10. The minimum absolute atomic E-state index is 0.0848. The third-order valence-corrected chi connectivity index (χ3v) is 7.71. The summed E-state index contributed by atoms with van der Waals surface area (Å²) in [4.78, 5) is 73.7. The Hall–Kier alpha value is -4.53. The van der Waals surface area contributed by atoms with E-state index >= 15 is 0 Å². The number of nitrogens with zero attached hydrogens (tertiary/aromatic N) is 4. The SMILES string of the molecule is CC(=O)OCC(O)[C@@H](OC(C)=O)[C@H](OC(C)=O)[C@@H](OC(C)=O)C(=O)N1CCN(c2cccc(-c3nc(Cl)nc4ccc(Cl)cc34)c2)CC1. The van der Waals surface area contributed by atoms with Crippen molar-refractivity contribution in [2.24, 2.45) is 0 Å². The molecule has 1 saturated heterocycles. The molecule has 2 aromatic carbocycles. The molecule has 0 bridgehead atoms. The number of carbonyl (C=O) groups excluding carboxylic acids is 5. The van der Waals surface area contributed by atoms with Gasteiger partial charge < -0.3 is 33.9 Å². The standard InChI is InChI=1S/C32H34Cl2N4O10/c1-17(39)45-16-26(43)28(46-18(2)40)29(47-19(3)41)30(48-20(4)42)31(44)38-12-10-37(11-13-38)23-7-5-6-21(14-23)27-24-15-22(33)8-9-25(24)35-32(34)36-27/h5-9,14-15,26,28-30,43H,10-13,16H2,1-4H3/t26?,28-,29+,30-/m1/s1. The van der Waals surface area contributed by atoms with E-state index in [2.05, 4.69) is 9.97 Å². The van der Waals surface area contributed by atoms with Gasteiger partial charge in [-0.05, 0) is 41.9 Å². The molecule has 16 heteroatoms. The van der Waals surface area contributed by atoms with Crippen LogP contribution in [0.2, 0.25) is 10.3 Å². The summed E-state index contributed by atoms with van der Waals surface area (Å²) in [6.07, 6.45) is -7.05. The molecule has 1 N–H and O–H groups in total. The number of aliphatic hydroxyl groups excluding tert-OH is 1. The predicted molar refractivity (Wildman–Crippen MR) is 173 cm³/mol. The second-order valence-corrected chi connectivity index (χ2v) is 11.7. The highest BCUT2D eigenvalue weighted by molar-refractivity contribution is 6.31. The molecule has 2 heterocycles. The Labute approximate surface area is 285 Å². The molecule has 1 amide bonds. The van der Waals surface area contributed by atoms with Gasteiger partial charge in [-0.25, -0.2) is 9.97 Å². The third kappa shape index (κ3) is 9.30. The first kappa shape index (κ1) is 36.3. The lowest BCUT2D eigenvalue weighted by Gasteiger charge is -2.39. The molecular weight excluding hydrogens is 671 g/mol. The van der Waals surface area contributed by atoms with Crippen LogP contribution in [0, 0.1) is 0 Å². The maximum absolute atomic E-state index is 13.9. The molecule has 1 unspecified atom stereocenters. The Morgan fingerprint density at radius 3 is 2.08 bits per heavy atom. The lowest BCUT2D eigenvalue weighted by atomic mass is 10.0. The van der Waals surface area contributed by atoms with Crippen LogP contribution in [0.1, 0.15) is 27.7 Å². The fourth-order valence-electron chi connectivity index (χ4n) is 5.29. The fourth-order valence-corrected chi connectivity index (χ4v) is 5.64. The molecule has 1 aliphatic heterocycles. The van der Waals surface area contributed by atoms with Crippen LogP contribution >= 0.6 is 23.2 Å². The van der Waals surface area contributed by atoms with E-state index in [0.717, 1.165) is 44.3 Å². The van der Waals surface area contributed by atoms with E-state index in [1.807, 2.05) is 29.2 Å². The number of carbonyl (C=O) groups is 5. The van der Waals surface area contributed by atoms with Crippen molar-refractivity contribution in [3.63, 3.8) is 0 Å². The van der Waals surface area contributed by atoms with E-state index < -0.39 is 60.8 Å². The minimum atomic E-state index is -1.81. The van der Waals surface area contributed by atoms with Crippen molar-refractivity contribution in [1.29, 1.82) is 0 Å². The lowest BCUT2D eigenvalue weighted by Crippen LogP contribution is -2.59. The van der Waals surface area contributed by atoms with Gasteiger partial charge in [0.1, 0.15) is 12.7 Å². The number of aromatic nitrogens is 2. The Bertz CT molecular complexity index is 1700. The number of piperazine rings is 1. The first-order chi connectivity index (χ1) is 22.7. The van der Waals surface area contributed by atoms with Crippen LogP contribution in [0.25, 0.3) is 22.2 Å². The van der Waals surface area contributed by atoms with Crippen molar-refractivity contribution in [3.05, 3.63) is 52.8 Å². The van der Waals surface area contributed by atoms with Crippen LogP contribution in [-0.2, 0) is 42.9 Å². The maximum atomic E-state index is 13.9. The summed E-state index contributed by atoms with van der Waals surface area (Å²) in [7, 11) is 0. The Morgan fingerprint density at radius 2 is 1.46 bits per heavy atom. The Kier molecular flexibility index (Phi) is 12.1. The number of benzene rings is 2. The molecule has 1 aromatic heterocycles. The predicted octanol–water partition coefficient (Wildman–Crippen LogP) is 2.97. The van der Waals surface area contributed by atoms with Gasteiger partial charge in [0.15, 0.2) is 12.2 Å². The maximum Gasteiger partial charge on any atom is 0.303 e. The van der Waals surface area contributed by atoms with Gasteiger partial charge in [0.25, 0.3) is 5.91 Å². The smallest absolute Gasteiger partial charge is 0.303 e. The average Bonchev–Trinajstić information content (AvgIpc) is 3.03. The largest absolute Gasteiger partial charge is 0.463 e. The highest BCUT2D eigenvalue weighted by Gasteiger charge is 2.46. The van der Waals surface area contributed by atoms with Gasteiger partial charge in [-0.3, -0.25) is 24.0 Å². The van der Waals surface area contributed by atoms with Crippen LogP contribution in [0.5, 0.6) is 0 Å². The van der Waals surface area contributed by atoms with E-state index in [1.54, 1.807) is 18.2 Å². The molecule has 1 aliphatic rings. The van der Waals surface area contributed by atoms with Crippen molar-refractivity contribution < 1.29 is 48.0 Å². The zero-order valence-electron chi connectivity index (χ0n) is 26.6. The molecule has 14 nitrogen and oxygen atoms in total. The number of aliphatic hydroxyl groups is 1. The van der Waals surface area contributed by atoms with E-state index in [1.165, 1.54) is 4.90 Å². The molecule has 0 radical (unpaired) electrons. The van der Waals surface area contributed by atoms with Gasteiger partial charge in [0.2, 0.25) is 11.4 Å². The number of hydrogen-bond donors (Lipinski definition) is 1. The number of esters is 4. The molecule has 4 atom stereocenters. The first-order valence-corrected chi connectivity index (χ1v) is 15.6. The zero-order valence-corrected chi connectivity index (χ0v) is 28.1. The molecule has 48 heavy (non-hydrogen) atoms. The van der Waals surface area contributed by atoms with Crippen LogP contribution in [0.15, 0.2) is 42.5 Å². The number of ether oxygens (including phenoxy) is 4. The second kappa shape index (κ2) is 16.0. The first-order valence-electron chi connectivity index (χ1n) is 14.8. The molecule has 0 spiro atoms. The number of halogens is 2. The molecule has 1 fully saturated rings. The minimum Gasteiger partial charge on any atom is -0.463 e. The monoisotopic (exact) mass is 704 g/mol. The third-order valence-electron chi connectivity index (χ3n) is 7.31. The number of hydrogen-bond acceptors (Lipinski definition) is 13. The quantitative estimate of drug-likeness (QED) is 0.175. The van der Waals surface area contributed by atoms with Crippen LogP contribution in [0.4, 0.5) is 5.69 Å². The van der Waals surface area contributed by atoms with E-state index in [0.29, 0.717) is 29.3 Å². The van der Waals surface area contributed by atoms with E-state index in [-0.39, 0.29) is 18.4 Å². The second-order valence-electron chi connectivity index (χ2n) is 10.9. The number of amides is 1. The normalized spacial score (nSPS) is 15.6. The van der Waals surface area contributed by atoms with Crippen molar-refractivity contribution in [3.8, 4) is 11.3 Å². The van der Waals surface area contributed by atoms with Gasteiger partial charge in [-0.15, -0.1) is 0 Å².